The average Bonchev–Trinajstić information content (AvgIpc) is 1.68. The summed E-state index contributed by atoms with van der Waals surface area (Å²) in [6.45, 7) is 4.93. The van der Waals surface area contributed by atoms with Crippen LogP contribution in [0.3, 0.4) is 0 Å². The van der Waals surface area contributed by atoms with Crippen LogP contribution in [0.25, 0.3) is 0 Å². The topological polar surface area (TPSA) is 26.3 Å². The van der Waals surface area contributed by atoms with Crippen molar-refractivity contribution in [3.63, 3.8) is 0 Å². The van der Waals surface area contributed by atoms with Gasteiger partial charge in [-0.15, -0.1) is 0 Å². The molecule has 0 aromatic rings. The summed E-state index contributed by atoms with van der Waals surface area (Å²) in [4.78, 5) is 10.1. The zero-order chi connectivity index (χ0) is 5.70. The molecule has 1 radical (unpaired) electrons. The van der Waals surface area contributed by atoms with Gasteiger partial charge in [-0.2, -0.15) is 0 Å². The van der Waals surface area contributed by atoms with E-state index in [0.717, 1.165) is 6.26 Å². The molecule has 3 heteroatoms. The minimum absolute atomic E-state index is 0. The Hall–Kier alpha value is -0.0497. The largest absolute Gasteiger partial charge is 0.435 e. The summed E-state index contributed by atoms with van der Waals surface area (Å²) >= 11 is 0. The van der Waals surface area contributed by atoms with Gasteiger partial charge in [0.05, 0.1) is 6.26 Å². The first-order valence-electron chi connectivity index (χ1n) is 2.11. The number of carbonyl (C=O) groups is 1. The smallest absolute Gasteiger partial charge is 0.310 e. The second-order valence-electron chi connectivity index (χ2n) is 1.01. The zero-order valence-corrected chi connectivity index (χ0v) is 6.09. The van der Waals surface area contributed by atoms with Crippen LogP contribution in [0.1, 0.15) is 13.3 Å². The van der Waals surface area contributed by atoms with E-state index in [1.54, 1.807) is 6.92 Å². The van der Waals surface area contributed by atoms with Gasteiger partial charge < -0.3 is 4.74 Å². The number of esters is 1. The SMILES string of the molecule is C=COC(=O)CC.[Ag]. The van der Waals surface area contributed by atoms with Crippen molar-refractivity contribution in [2.45, 2.75) is 13.3 Å². The van der Waals surface area contributed by atoms with E-state index in [1.807, 2.05) is 0 Å². The number of rotatable bonds is 2. The number of ether oxygens (including phenoxy) is 1. The molecule has 0 aliphatic heterocycles. The number of hydrogen-bond acceptors (Lipinski definition) is 2. The summed E-state index contributed by atoms with van der Waals surface area (Å²) < 4.78 is 4.32. The van der Waals surface area contributed by atoms with Gasteiger partial charge in [0.1, 0.15) is 0 Å². The van der Waals surface area contributed by atoms with E-state index in [1.165, 1.54) is 0 Å². The summed E-state index contributed by atoms with van der Waals surface area (Å²) in [6.07, 6.45) is 1.54. The van der Waals surface area contributed by atoms with Crippen LogP contribution in [0.15, 0.2) is 12.8 Å². The van der Waals surface area contributed by atoms with E-state index >= 15 is 0 Å². The van der Waals surface area contributed by atoms with Crippen molar-refractivity contribution in [3.8, 4) is 0 Å². The van der Waals surface area contributed by atoms with E-state index < -0.39 is 0 Å². The van der Waals surface area contributed by atoms with Crippen LogP contribution in [0.5, 0.6) is 0 Å². The van der Waals surface area contributed by atoms with E-state index in [9.17, 15) is 4.79 Å². The first-order valence-corrected chi connectivity index (χ1v) is 2.11. The Balaban J connectivity index is 0. The van der Waals surface area contributed by atoms with Crippen LogP contribution in [0.4, 0.5) is 0 Å². The fourth-order valence-electron chi connectivity index (χ4n) is 0.176. The van der Waals surface area contributed by atoms with Crippen LogP contribution in [-0.2, 0) is 31.9 Å². The second kappa shape index (κ2) is 6.95. The first kappa shape index (κ1) is 10.8. The molecule has 0 fully saturated rings. The standard InChI is InChI=1S/C5H8O2.Ag/c1-3-5(6)7-4-2;/h4H,2-3H2,1H3;. The third-order valence-corrected chi connectivity index (χ3v) is 0.503. The predicted octanol–water partition coefficient (Wildman–Crippen LogP) is 1.08. The van der Waals surface area contributed by atoms with Crippen molar-refractivity contribution in [1.29, 1.82) is 0 Å². The molecule has 0 saturated carbocycles. The van der Waals surface area contributed by atoms with Gasteiger partial charge in [-0.05, 0) is 0 Å². The molecule has 51 valence electrons. The minimum atomic E-state index is -0.241. The normalized spacial score (nSPS) is 6.62. The molecule has 0 aliphatic rings. The zero-order valence-electron chi connectivity index (χ0n) is 4.61. The van der Waals surface area contributed by atoms with Crippen molar-refractivity contribution >= 4 is 5.97 Å². The van der Waals surface area contributed by atoms with Gasteiger partial charge >= 0.3 is 5.97 Å². The van der Waals surface area contributed by atoms with Crippen molar-refractivity contribution in [2.75, 3.05) is 0 Å². The molecule has 0 aromatic heterocycles. The van der Waals surface area contributed by atoms with Crippen LogP contribution < -0.4 is 0 Å². The van der Waals surface area contributed by atoms with Gasteiger partial charge in [0.15, 0.2) is 0 Å². The molecular weight excluding hydrogens is 200 g/mol. The van der Waals surface area contributed by atoms with E-state index in [-0.39, 0.29) is 28.3 Å². The summed E-state index contributed by atoms with van der Waals surface area (Å²) in [5, 5.41) is 0. The Morgan fingerprint density at radius 3 is 2.50 bits per heavy atom. The fourth-order valence-corrected chi connectivity index (χ4v) is 0.176. The summed E-state index contributed by atoms with van der Waals surface area (Å²) in [5.74, 6) is -0.241. The van der Waals surface area contributed by atoms with Gasteiger partial charge in [0.25, 0.3) is 0 Å². The Kier molecular flexibility index (Phi) is 9.42. The van der Waals surface area contributed by atoms with E-state index in [0.29, 0.717) is 6.42 Å². The quantitative estimate of drug-likeness (QED) is 0.385. The second-order valence-corrected chi connectivity index (χ2v) is 1.01. The maximum absolute atomic E-state index is 10.1. The maximum Gasteiger partial charge on any atom is 0.310 e. The molecule has 0 aliphatic carbocycles. The van der Waals surface area contributed by atoms with E-state index in [4.69, 9.17) is 0 Å². The molecule has 8 heavy (non-hydrogen) atoms. The Labute approximate surface area is 64.4 Å². The predicted molar refractivity (Wildman–Crippen MR) is 26.6 cm³/mol. The molecule has 0 atom stereocenters. The van der Waals surface area contributed by atoms with Crippen molar-refractivity contribution < 1.29 is 31.9 Å². The molecule has 2 nitrogen and oxygen atoms in total. The number of carbonyl (C=O) groups excluding carboxylic acids is 1. The third-order valence-electron chi connectivity index (χ3n) is 0.503. The molecule has 0 bridgehead atoms. The molecular formula is C5H8AgO2. The van der Waals surface area contributed by atoms with Gasteiger partial charge in [-0.3, -0.25) is 4.79 Å². The molecule has 0 spiro atoms. The first-order chi connectivity index (χ1) is 3.31. The molecule has 0 aromatic carbocycles. The molecule has 0 unspecified atom stereocenters. The fraction of sp³-hybridized carbons (Fsp3) is 0.400. The van der Waals surface area contributed by atoms with E-state index in [2.05, 4.69) is 11.3 Å². The van der Waals surface area contributed by atoms with Gasteiger partial charge in [-0.1, -0.05) is 13.5 Å². The van der Waals surface area contributed by atoms with Gasteiger partial charge in [0.2, 0.25) is 0 Å². The van der Waals surface area contributed by atoms with Crippen LogP contribution in [0.2, 0.25) is 0 Å². The molecule has 0 N–H and O–H groups in total. The average molecular weight is 208 g/mol. The molecule has 0 saturated heterocycles. The Morgan fingerprint density at radius 2 is 2.38 bits per heavy atom. The monoisotopic (exact) mass is 207 g/mol. The van der Waals surface area contributed by atoms with Gasteiger partial charge in [0, 0.05) is 28.8 Å². The third kappa shape index (κ3) is 5.95. The summed E-state index contributed by atoms with van der Waals surface area (Å²) in [5.41, 5.74) is 0. The van der Waals surface area contributed by atoms with Crippen molar-refractivity contribution in [3.05, 3.63) is 12.8 Å². The Morgan fingerprint density at radius 1 is 1.88 bits per heavy atom. The molecule has 0 rings (SSSR count). The van der Waals surface area contributed by atoms with Crippen molar-refractivity contribution in [2.24, 2.45) is 0 Å². The van der Waals surface area contributed by atoms with Crippen molar-refractivity contribution in [1.82, 2.24) is 0 Å². The van der Waals surface area contributed by atoms with Gasteiger partial charge in [-0.25, -0.2) is 0 Å². The maximum atomic E-state index is 10.1. The van der Waals surface area contributed by atoms with Crippen LogP contribution in [-0.4, -0.2) is 5.97 Å². The number of hydrogen-bond donors (Lipinski definition) is 0. The van der Waals surface area contributed by atoms with Crippen LogP contribution >= 0.6 is 0 Å². The molecule has 0 amide bonds. The van der Waals surface area contributed by atoms with Crippen LogP contribution in [0, 0.1) is 0 Å². The minimum Gasteiger partial charge on any atom is -0.435 e. The summed E-state index contributed by atoms with van der Waals surface area (Å²) in [6, 6.07) is 0. The molecule has 0 heterocycles. The Bertz CT molecular complexity index is 80.5. The summed E-state index contributed by atoms with van der Waals surface area (Å²) in [7, 11) is 0.